The highest BCUT2D eigenvalue weighted by molar-refractivity contribution is 6.04. The number of rotatable bonds is 8. The SMILES string of the molecule is CC(CCc1ccccc1)N1C(=O)c2ccccc2C1Nc1ccc(C(=O)Nc2ccc(F)cc2)cc1. The maximum atomic E-state index is 13.4. The van der Waals surface area contributed by atoms with Gasteiger partial charge in [-0.15, -0.1) is 0 Å². The van der Waals surface area contributed by atoms with Gasteiger partial charge in [0.1, 0.15) is 12.0 Å². The monoisotopic (exact) mass is 493 g/mol. The number of anilines is 2. The van der Waals surface area contributed by atoms with Crippen LogP contribution in [0.1, 0.15) is 51.4 Å². The average Bonchev–Trinajstić information content (AvgIpc) is 3.21. The van der Waals surface area contributed by atoms with E-state index in [4.69, 9.17) is 0 Å². The van der Waals surface area contributed by atoms with Crippen LogP contribution in [0.5, 0.6) is 0 Å². The molecule has 0 radical (unpaired) electrons. The van der Waals surface area contributed by atoms with Crippen LogP contribution in [0.3, 0.4) is 0 Å². The first kappa shape index (κ1) is 24.3. The Hall–Kier alpha value is -4.45. The van der Waals surface area contributed by atoms with E-state index in [0.29, 0.717) is 16.8 Å². The van der Waals surface area contributed by atoms with Crippen molar-refractivity contribution in [2.75, 3.05) is 10.6 Å². The molecule has 0 aromatic heterocycles. The molecule has 0 saturated heterocycles. The zero-order valence-electron chi connectivity index (χ0n) is 20.5. The third kappa shape index (κ3) is 5.38. The fraction of sp³-hybridized carbons (Fsp3) is 0.161. The van der Waals surface area contributed by atoms with E-state index in [1.165, 1.54) is 29.8 Å². The van der Waals surface area contributed by atoms with Gasteiger partial charge in [0, 0.05) is 34.1 Å². The number of benzene rings is 4. The predicted octanol–water partition coefficient (Wildman–Crippen LogP) is 6.67. The normalized spacial score (nSPS) is 15.2. The molecule has 0 spiro atoms. The number of nitrogens with one attached hydrogen (secondary N) is 2. The van der Waals surface area contributed by atoms with Gasteiger partial charge in [0.2, 0.25) is 0 Å². The van der Waals surface area contributed by atoms with Crippen LogP contribution in [0.2, 0.25) is 0 Å². The van der Waals surface area contributed by atoms with Crippen molar-refractivity contribution >= 4 is 23.2 Å². The van der Waals surface area contributed by atoms with Crippen LogP contribution < -0.4 is 10.6 Å². The fourth-order valence-electron chi connectivity index (χ4n) is 4.71. The van der Waals surface area contributed by atoms with E-state index in [1.54, 1.807) is 12.1 Å². The van der Waals surface area contributed by atoms with Crippen LogP contribution in [0.25, 0.3) is 0 Å². The molecule has 5 rings (SSSR count). The first-order valence-corrected chi connectivity index (χ1v) is 12.4. The molecule has 0 aliphatic carbocycles. The molecule has 2 unspecified atom stereocenters. The second kappa shape index (κ2) is 10.7. The van der Waals surface area contributed by atoms with Crippen LogP contribution in [-0.4, -0.2) is 22.8 Å². The minimum absolute atomic E-state index is 0.0124. The van der Waals surface area contributed by atoms with E-state index in [9.17, 15) is 14.0 Å². The Labute approximate surface area is 215 Å². The summed E-state index contributed by atoms with van der Waals surface area (Å²) in [5.41, 5.74) is 4.70. The van der Waals surface area contributed by atoms with Crippen LogP contribution in [0, 0.1) is 5.82 Å². The van der Waals surface area contributed by atoms with Crippen molar-refractivity contribution in [3.8, 4) is 0 Å². The van der Waals surface area contributed by atoms with Gasteiger partial charge in [0.25, 0.3) is 11.8 Å². The molecule has 0 saturated carbocycles. The third-order valence-electron chi connectivity index (χ3n) is 6.72. The number of halogens is 1. The smallest absolute Gasteiger partial charge is 0.256 e. The standard InChI is InChI=1S/C31H28FN3O2/c1-21(11-12-22-7-3-2-4-8-22)35-29(27-9-5-6-10-28(27)31(35)37)33-25-17-13-23(14-18-25)30(36)34-26-19-15-24(32)16-20-26/h2-10,13-21,29,33H,11-12H2,1H3,(H,34,36). The van der Waals surface area contributed by atoms with Crippen molar-refractivity contribution in [2.45, 2.75) is 32.0 Å². The van der Waals surface area contributed by atoms with Gasteiger partial charge in [-0.3, -0.25) is 9.59 Å². The Morgan fingerprint density at radius 3 is 2.24 bits per heavy atom. The minimum atomic E-state index is -0.358. The van der Waals surface area contributed by atoms with Crippen LogP contribution in [-0.2, 0) is 6.42 Å². The first-order valence-electron chi connectivity index (χ1n) is 12.4. The molecular formula is C31H28FN3O2. The molecule has 37 heavy (non-hydrogen) atoms. The minimum Gasteiger partial charge on any atom is -0.361 e. The van der Waals surface area contributed by atoms with Gasteiger partial charge < -0.3 is 15.5 Å². The van der Waals surface area contributed by atoms with Gasteiger partial charge in [-0.05, 0) is 79.9 Å². The summed E-state index contributed by atoms with van der Waals surface area (Å²) in [6.45, 7) is 2.09. The van der Waals surface area contributed by atoms with Crippen molar-refractivity contribution in [3.63, 3.8) is 0 Å². The molecule has 2 amide bonds. The summed E-state index contributed by atoms with van der Waals surface area (Å²) >= 11 is 0. The number of hydrogen-bond acceptors (Lipinski definition) is 3. The second-order valence-electron chi connectivity index (χ2n) is 9.26. The number of amides is 2. The van der Waals surface area contributed by atoms with E-state index in [-0.39, 0.29) is 29.8 Å². The van der Waals surface area contributed by atoms with E-state index >= 15 is 0 Å². The summed E-state index contributed by atoms with van der Waals surface area (Å²) in [6, 6.07) is 30.8. The number of aryl methyl sites for hydroxylation is 1. The fourth-order valence-corrected chi connectivity index (χ4v) is 4.71. The number of nitrogens with zero attached hydrogens (tertiary/aromatic N) is 1. The number of carbonyl (C=O) groups is 2. The highest BCUT2D eigenvalue weighted by Crippen LogP contribution is 2.36. The zero-order chi connectivity index (χ0) is 25.8. The largest absolute Gasteiger partial charge is 0.361 e. The molecule has 0 fully saturated rings. The van der Waals surface area contributed by atoms with E-state index in [2.05, 4.69) is 29.7 Å². The van der Waals surface area contributed by atoms with Crippen molar-refractivity contribution in [1.82, 2.24) is 4.90 Å². The van der Waals surface area contributed by atoms with Gasteiger partial charge in [-0.1, -0.05) is 48.5 Å². The lowest BCUT2D eigenvalue weighted by Gasteiger charge is -2.32. The van der Waals surface area contributed by atoms with E-state index in [0.717, 1.165) is 24.1 Å². The lowest BCUT2D eigenvalue weighted by Crippen LogP contribution is -2.39. The van der Waals surface area contributed by atoms with Crippen molar-refractivity contribution < 1.29 is 14.0 Å². The lowest BCUT2D eigenvalue weighted by molar-refractivity contribution is 0.0659. The molecule has 4 aromatic carbocycles. The van der Waals surface area contributed by atoms with Gasteiger partial charge in [-0.2, -0.15) is 0 Å². The number of carbonyl (C=O) groups excluding carboxylic acids is 2. The quantitative estimate of drug-likeness (QED) is 0.288. The van der Waals surface area contributed by atoms with Gasteiger partial charge in [0.15, 0.2) is 0 Å². The summed E-state index contributed by atoms with van der Waals surface area (Å²) in [5.74, 6) is -0.622. The number of hydrogen-bond donors (Lipinski definition) is 2. The summed E-state index contributed by atoms with van der Waals surface area (Å²) in [6.07, 6.45) is 1.41. The topological polar surface area (TPSA) is 61.4 Å². The summed E-state index contributed by atoms with van der Waals surface area (Å²) in [5, 5.41) is 6.28. The van der Waals surface area contributed by atoms with Crippen LogP contribution >= 0.6 is 0 Å². The molecule has 6 heteroatoms. The summed E-state index contributed by atoms with van der Waals surface area (Å²) in [4.78, 5) is 27.9. The van der Waals surface area contributed by atoms with Crippen molar-refractivity contribution in [3.05, 3.63) is 131 Å². The molecule has 1 aliphatic heterocycles. The van der Waals surface area contributed by atoms with Gasteiger partial charge in [-0.25, -0.2) is 4.39 Å². The highest BCUT2D eigenvalue weighted by Gasteiger charge is 2.39. The maximum Gasteiger partial charge on any atom is 0.256 e. The Morgan fingerprint density at radius 1 is 0.865 bits per heavy atom. The Morgan fingerprint density at radius 2 is 1.51 bits per heavy atom. The lowest BCUT2D eigenvalue weighted by atomic mass is 10.0. The summed E-state index contributed by atoms with van der Waals surface area (Å²) in [7, 11) is 0. The van der Waals surface area contributed by atoms with E-state index < -0.39 is 0 Å². The Kier molecular flexibility index (Phi) is 6.99. The first-order chi connectivity index (χ1) is 18.0. The Bertz CT molecular complexity index is 1390. The maximum absolute atomic E-state index is 13.4. The van der Waals surface area contributed by atoms with E-state index in [1.807, 2.05) is 59.5 Å². The molecule has 0 bridgehead atoms. The summed E-state index contributed by atoms with van der Waals surface area (Å²) < 4.78 is 13.1. The predicted molar refractivity (Wildman–Crippen MR) is 144 cm³/mol. The Balaban J connectivity index is 1.31. The molecule has 2 atom stereocenters. The number of fused-ring (bicyclic) bond motifs is 1. The molecule has 4 aromatic rings. The van der Waals surface area contributed by atoms with Crippen molar-refractivity contribution in [1.29, 1.82) is 0 Å². The molecule has 1 aliphatic rings. The zero-order valence-corrected chi connectivity index (χ0v) is 20.5. The molecule has 186 valence electrons. The third-order valence-corrected chi connectivity index (χ3v) is 6.72. The van der Waals surface area contributed by atoms with Crippen LogP contribution in [0.15, 0.2) is 103 Å². The molecule has 2 N–H and O–H groups in total. The van der Waals surface area contributed by atoms with Crippen molar-refractivity contribution in [2.24, 2.45) is 0 Å². The van der Waals surface area contributed by atoms with Crippen LogP contribution in [0.4, 0.5) is 15.8 Å². The molecule has 5 nitrogen and oxygen atoms in total. The van der Waals surface area contributed by atoms with Gasteiger partial charge in [0.05, 0.1) is 0 Å². The highest BCUT2D eigenvalue weighted by atomic mass is 19.1. The molecular weight excluding hydrogens is 465 g/mol. The second-order valence-corrected chi connectivity index (χ2v) is 9.26. The molecule has 1 heterocycles. The average molecular weight is 494 g/mol. The van der Waals surface area contributed by atoms with Gasteiger partial charge >= 0.3 is 0 Å².